The van der Waals surface area contributed by atoms with Gasteiger partial charge in [0.25, 0.3) is 0 Å². The number of morpholine rings is 1. The molecule has 0 radical (unpaired) electrons. The topological polar surface area (TPSA) is 69.1 Å². The average Bonchev–Trinajstić information content (AvgIpc) is 2.60. The first-order valence-corrected chi connectivity index (χ1v) is 10.00. The first kappa shape index (κ1) is 23.9. The number of guanidine groups is 1. The van der Waals surface area contributed by atoms with Gasteiger partial charge in [0.05, 0.1) is 25.9 Å². The van der Waals surface area contributed by atoms with Crippen molar-refractivity contribution in [2.45, 2.75) is 71.6 Å². The van der Waals surface area contributed by atoms with Gasteiger partial charge in [-0.1, -0.05) is 19.8 Å². The van der Waals surface area contributed by atoms with E-state index in [0.29, 0.717) is 18.6 Å². The first-order valence-electron chi connectivity index (χ1n) is 10.00. The molecule has 0 aromatic rings. The Morgan fingerprint density at radius 2 is 2.15 bits per heavy atom. The lowest BCUT2D eigenvalue weighted by Crippen LogP contribution is -2.53. The Morgan fingerprint density at radius 3 is 2.81 bits per heavy atom. The van der Waals surface area contributed by atoms with Crippen LogP contribution in [-0.4, -0.2) is 73.5 Å². The summed E-state index contributed by atoms with van der Waals surface area (Å²) >= 11 is 0. The molecule has 1 heterocycles. The molecule has 0 amide bonds. The lowest BCUT2D eigenvalue weighted by atomic mass is 9.73. The lowest BCUT2D eigenvalue weighted by molar-refractivity contribution is -0.0174. The zero-order valence-electron chi connectivity index (χ0n) is 17.0. The molecule has 4 unspecified atom stereocenters. The second kappa shape index (κ2) is 11.7. The second-order valence-electron chi connectivity index (χ2n) is 8.00. The van der Waals surface area contributed by atoms with E-state index in [0.717, 1.165) is 58.1 Å². The van der Waals surface area contributed by atoms with E-state index in [9.17, 15) is 5.11 Å². The summed E-state index contributed by atoms with van der Waals surface area (Å²) in [6, 6.07) is 0.889. The summed E-state index contributed by atoms with van der Waals surface area (Å²) in [5, 5.41) is 17.2. The summed E-state index contributed by atoms with van der Waals surface area (Å²) in [6.45, 7) is 13.7. The highest BCUT2D eigenvalue weighted by Crippen LogP contribution is 2.36. The lowest BCUT2D eigenvalue weighted by Gasteiger charge is -2.38. The predicted molar refractivity (Wildman–Crippen MR) is 118 cm³/mol. The summed E-state index contributed by atoms with van der Waals surface area (Å²) in [4.78, 5) is 7.28. The molecule has 0 aromatic carbocycles. The molecule has 3 N–H and O–H groups in total. The fourth-order valence-electron chi connectivity index (χ4n) is 3.92. The molecule has 1 saturated carbocycles. The molecule has 2 fully saturated rings. The van der Waals surface area contributed by atoms with Crippen LogP contribution in [0.1, 0.15) is 53.4 Å². The van der Waals surface area contributed by atoms with Crippen LogP contribution in [-0.2, 0) is 4.74 Å². The molecule has 1 saturated heterocycles. The number of ether oxygens (including phenoxy) is 1. The summed E-state index contributed by atoms with van der Waals surface area (Å²) in [5.41, 5.74) is -0.0923. The average molecular weight is 482 g/mol. The molecule has 1 aliphatic carbocycles. The number of aliphatic hydroxyl groups is 1. The van der Waals surface area contributed by atoms with Crippen LogP contribution in [0.3, 0.4) is 0 Å². The predicted octanol–water partition coefficient (Wildman–Crippen LogP) is 2.21. The maximum absolute atomic E-state index is 10.4. The SMILES string of the molecule is CCNC(=NCC1(C)CCCCC1O)NCC(C)N1CCOCC1C.I. The summed E-state index contributed by atoms with van der Waals surface area (Å²) in [7, 11) is 0. The molecule has 7 heteroatoms. The van der Waals surface area contributed by atoms with Gasteiger partial charge in [0.15, 0.2) is 5.96 Å². The van der Waals surface area contributed by atoms with Gasteiger partial charge in [-0.25, -0.2) is 0 Å². The number of hydrogen-bond donors (Lipinski definition) is 3. The van der Waals surface area contributed by atoms with E-state index in [1.54, 1.807) is 0 Å². The number of rotatable bonds is 6. The number of hydrogen-bond acceptors (Lipinski definition) is 4. The van der Waals surface area contributed by atoms with Crippen LogP contribution in [0.15, 0.2) is 4.99 Å². The highest BCUT2D eigenvalue weighted by atomic mass is 127. The number of aliphatic imine (C=N–C) groups is 1. The Kier molecular flexibility index (Phi) is 10.7. The van der Waals surface area contributed by atoms with E-state index in [-0.39, 0.29) is 35.5 Å². The molecule has 2 rings (SSSR count). The van der Waals surface area contributed by atoms with Crippen LogP contribution in [0.25, 0.3) is 0 Å². The molecule has 26 heavy (non-hydrogen) atoms. The third-order valence-electron chi connectivity index (χ3n) is 5.77. The zero-order chi connectivity index (χ0) is 18.3. The van der Waals surface area contributed by atoms with E-state index in [2.05, 4.69) is 43.2 Å². The summed E-state index contributed by atoms with van der Waals surface area (Å²) in [6.07, 6.45) is 4.05. The van der Waals surface area contributed by atoms with Gasteiger partial charge in [-0.2, -0.15) is 0 Å². The number of nitrogens with one attached hydrogen (secondary N) is 2. The van der Waals surface area contributed by atoms with Crippen molar-refractivity contribution in [2.75, 3.05) is 39.4 Å². The molecule has 154 valence electrons. The minimum atomic E-state index is -0.235. The van der Waals surface area contributed by atoms with Crippen LogP contribution >= 0.6 is 24.0 Å². The van der Waals surface area contributed by atoms with Gasteiger partial charge in [0.2, 0.25) is 0 Å². The standard InChI is InChI=1S/C19H38N4O2.HI/c1-5-20-18(22-14-19(4)9-7-6-8-17(19)24)21-12-15(2)23-10-11-25-13-16(23)3;/h15-17,24H,5-14H2,1-4H3,(H2,20,21,22);1H. The molecular weight excluding hydrogens is 443 g/mol. The number of halogens is 1. The quantitative estimate of drug-likeness (QED) is 0.308. The van der Waals surface area contributed by atoms with Crippen molar-refractivity contribution in [1.29, 1.82) is 0 Å². The van der Waals surface area contributed by atoms with Crippen LogP contribution in [0.2, 0.25) is 0 Å². The maximum Gasteiger partial charge on any atom is 0.191 e. The molecule has 2 aliphatic rings. The van der Waals surface area contributed by atoms with Gasteiger partial charge < -0.3 is 20.5 Å². The highest BCUT2D eigenvalue weighted by molar-refractivity contribution is 14.0. The van der Waals surface area contributed by atoms with Gasteiger partial charge in [-0.3, -0.25) is 9.89 Å². The van der Waals surface area contributed by atoms with E-state index >= 15 is 0 Å². The van der Waals surface area contributed by atoms with Crippen LogP contribution in [0.5, 0.6) is 0 Å². The maximum atomic E-state index is 10.4. The normalized spacial score (nSPS) is 31.8. The summed E-state index contributed by atoms with van der Waals surface area (Å²) < 4.78 is 5.53. The van der Waals surface area contributed by atoms with Crippen LogP contribution < -0.4 is 10.6 Å². The van der Waals surface area contributed by atoms with Crippen molar-refractivity contribution >= 4 is 29.9 Å². The Hall–Kier alpha value is -0.120. The van der Waals surface area contributed by atoms with Gasteiger partial charge in [-0.05, 0) is 33.6 Å². The number of nitrogens with zero attached hydrogens (tertiary/aromatic N) is 2. The Morgan fingerprint density at radius 1 is 1.38 bits per heavy atom. The van der Waals surface area contributed by atoms with E-state index in [1.807, 2.05) is 0 Å². The third kappa shape index (κ3) is 6.80. The van der Waals surface area contributed by atoms with Crippen molar-refractivity contribution in [3.05, 3.63) is 0 Å². The molecule has 1 aliphatic heterocycles. The molecule has 0 spiro atoms. The fraction of sp³-hybridized carbons (Fsp3) is 0.947. The Bertz CT molecular complexity index is 438. The van der Waals surface area contributed by atoms with E-state index < -0.39 is 0 Å². The fourth-order valence-corrected chi connectivity index (χ4v) is 3.92. The second-order valence-corrected chi connectivity index (χ2v) is 8.00. The largest absolute Gasteiger partial charge is 0.392 e. The molecule has 6 nitrogen and oxygen atoms in total. The number of aliphatic hydroxyl groups excluding tert-OH is 1. The minimum Gasteiger partial charge on any atom is -0.392 e. The van der Waals surface area contributed by atoms with Crippen molar-refractivity contribution < 1.29 is 9.84 Å². The molecule has 0 aromatic heterocycles. The smallest absolute Gasteiger partial charge is 0.191 e. The Balaban J connectivity index is 0.00000338. The monoisotopic (exact) mass is 482 g/mol. The summed E-state index contributed by atoms with van der Waals surface area (Å²) in [5.74, 6) is 0.856. The third-order valence-corrected chi connectivity index (χ3v) is 5.77. The van der Waals surface area contributed by atoms with E-state index in [1.165, 1.54) is 6.42 Å². The highest BCUT2D eigenvalue weighted by Gasteiger charge is 2.35. The minimum absolute atomic E-state index is 0. The van der Waals surface area contributed by atoms with Crippen LogP contribution in [0.4, 0.5) is 0 Å². The molecule has 0 bridgehead atoms. The van der Waals surface area contributed by atoms with Crippen molar-refractivity contribution in [2.24, 2.45) is 10.4 Å². The van der Waals surface area contributed by atoms with Gasteiger partial charge in [-0.15, -0.1) is 24.0 Å². The van der Waals surface area contributed by atoms with Crippen molar-refractivity contribution in [3.8, 4) is 0 Å². The molecular formula is C19H39IN4O2. The molecule has 4 atom stereocenters. The van der Waals surface area contributed by atoms with Gasteiger partial charge in [0, 0.05) is 37.1 Å². The Labute approximate surface area is 176 Å². The van der Waals surface area contributed by atoms with E-state index in [4.69, 9.17) is 9.73 Å². The van der Waals surface area contributed by atoms with Crippen LogP contribution in [0, 0.1) is 5.41 Å². The zero-order valence-corrected chi connectivity index (χ0v) is 19.3. The van der Waals surface area contributed by atoms with Gasteiger partial charge in [0.1, 0.15) is 0 Å². The van der Waals surface area contributed by atoms with Gasteiger partial charge >= 0.3 is 0 Å². The van der Waals surface area contributed by atoms with Crippen molar-refractivity contribution in [1.82, 2.24) is 15.5 Å². The first-order chi connectivity index (χ1) is 12.0. The van der Waals surface area contributed by atoms with Crippen molar-refractivity contribution in [3.63, 3.8) is 0 Å².